The molecule has 1 aliphatic rings. The standard InChI is InChI=1S/C9H16N3.2C2H6.W/c1-12-7-3-9(4-8-12)11-6-2-5-10;2*1-2;/h5-6,9-11H,3-4,7-8H2,1H3;2*1-2H3;/q-1;;;. The molecule has 1 rings (SSSR count). The third kappa shape index (κ3) is 13.8. The van der Waals surface area contributed by atoms with Crippen molar-refractivity contribution < 1.29 is 21.1 Å². The van der Waals surface area contributed by atoms with Crippen LogP contribution in [0.5, 0.6) is 0 Å². The maximum Gasteiger partial charge on any atom is 0.0249 e. The van der Waals surface area contributed by atoms with E-state index in [1.54, 1.807) is 6.20 Å². The van der Waals surface area contributed by atoms with E-state index in [1.807, 2.05) is 27.7 Å². The summed E-state index contributed by atoms with van der Waals surface area (Å²) in [6, 6.07) is 0.577. The molecule has 0 aromatic carbocycles. The van der Waals surface area contributed by atoms with Gasteiger partial charge in [0, 0.05) is 27.1 Å². The van der Waals surface area contributed by atoms with Crippen LogP contribution in [0.2, 0.25) is 0 Å². The first kappa shape index (κ1) is 22.1. The van der Waals surface area contributed by atoms with E-state index in [0.717, 1.165) is 13.1 Å². The maximum atomic E-state index is 6.74. The largest absolute Gasteiger partial charge is 0.437 e. The smallest absolute Gasteiger partial charge is 0.0249 e. The Bertz CT molecular complexity index is 164. The minimum absolute atomic E-state index is 0. The number of nitrogens with zero attached hydrogens (tertiary/aromatic N) is 1. The maximum absolute atomic E-state index is 6.74. The predicted molar refractivity (Wildman–Crippen MR) is 72.9 cm³/mol. The van der Waals surface area contributed by atoms with E-state index < -0.39 is 0 Å². The molecule has 0 bridgehead atoms. The Morgan fingerprint density at radius 3 is 2.06 bits per heavy atom. The van der Waals surface area contributed by atoms with Crippen molar-refractivity contribution in [2.24, 2.45) is 0 Å². The third-order valence-corrected chi connectivity index (χ3v) is 2.20. The number of hydrogen-bond acceptors (Lipinski definition) is 3. The molecule has 0 radical (unpaired) electrons. The summed E-state index contributed by atoms with van der Waals surface area (Å²) < 4.78 is 0. The van der Waals surface area contributed by atoms with Gasteiger partial charge < -0.3 is 21.7 Å². The predicted octanol–water partition coefficient (Wildman–Crippen LogP) is 2.69. The second kappa shape index (κ2) is 18.2. The van der Waals surface area contributed by atoms with E-state index in [4.69, 9.17) is 5.41 Å². The Hall–Kier alpha value is -0.142. The van der Waals surface area contributed by atoms with E-state index in [-0.39, 0.29) is 21.1 Å². The molecule has 0 unspecified atom stereocenters. The Morgan fingerprint density at radius 2 is 1.65 bits per heavy atom. The van der Waals surface area contributed by atoms with Crippen LogP contribution in [-0.4, -0.2) is 37.3 Å². The zero-order valence-corrected chi connectivity index (χ0v) is 14.8. The van der Waals surface area contributed by atoms with Crippen molar-refractivity contribution in [2.45, 2.75) is 46.6 Å². The summed E-state index contributed by atoms with van der Waals surface area (Å²) in [5, 5.41) is 9.97. The SMILES string of the molecule is CC.CC.CN1CCC(NC=[C-]C=N)CC1.[W]. The summed E-state index contributed by atoms with van der Waals surface area (Å²) in [5.41, 5.74) is 0. The van der Waals surface area contributed by atoms with Crippen LogP contribution in [0.4, 0.5) is 0 Å². The molecule has 0 amide bonds. The summed E-state index contributed by atoms with van der Waals surface area (Å²) >= 11 is 0. The van der Waals surface area contributed by atoms with Crippen LogP contribution in [0.1, 0.15) is 40.5 Å². The topological polar surface area (TPSA) is 39.1 Å². The molecule has 0 spiro atoms. The molecule has 2 N–H and O–H groups in total. The normalized spacial score (nSPS) is 15.8. The summed E-state index contributed by atoms with van der Waals surface area (Å²) in [7, 11) is 2.15. The molecule has 1 heterocycles. The van der Waals surface area contributed by atoms with E-state index in [2.05, 4.69) is 23.3 Å². The van der Waals surface area contributed by atoms with Crippen molar-refractivity contribution in [1.29, 1.82) is 5.41 Å². The monoisotopic (exact) mass is 410 g/mol. The quantitative estimate of drug-likeness (QED) is 0.555. The van der Waals surface area contributed by atoms with Gasteiger partial charge in [-0.2, -0.15) is 12.4 Å². The van der Waals surface area contributed by atoms with Gasteiger partial charge in [0.1, 0.15) is 0 Å². The molecule has 102 valence electrons. The zero-order chi connectivity index (χ0) is 12.8. The van der Waals surface area contributed by atoms with Crippen LogP contribution in [0.3, 0.4) is 0 Å². The van der Waals surface area contributed by atoms with Crippen molar-refractivity contribution in [3.63, 3.8) is 0 Å². The van der Waals surface area contributed by atoms with Crippen molar-refractivity contribution in [1.82, 2.24) is 10.2 Å². The van der Waals surface area contributed by atoms with Gasteiger partial charge in [-0.3, -0.25) is 0 Å². The fraction of sp³-hybridized carbons (Fsp3) is 0.769. The van der Waals surface area contributed by atoms with Crippen LogP contribution in [0.25, 0.3) is 0 Å². The van der Waals surface area contributed by atoms with Gasteiger partial charge in [0.15, 0.2) is 0 Å². The fourth-order valence-electron chi connectivity index (χ4n) is 1.38. The molecule has 1 saturated heterocycles. The minimum Gasteiger partial charge on any atom is -0.437 e. The molecule has 0 atom stereocenters. The van der Waals surface area contributed by atoms with Crippen LogP contribution in [0, 0.1) is 11.5 Å². The van der Waals surface area contributed by atoms with Gasteiger partial charge in [0.25, 0.3) is 0 Å². The van der Waals surface area contributed by atoms with Gasteiger partial charge >= 0.3 is 0 Å². The number of allylic oxidation sites excluding steroid dienone is 1. The van der Waals surface area contributed by atoms with E-state index in [0.29, 0.717) is 6.04 Å². The van der Waals surface area contributed by atoms with Gasteiger partial charge in [0.2, 0.25) is 0 Å². The Kier molecular flexibility index (Phi) is 23.7. The fourth-order valence-corrected chi connectivity index (χ4v) is 1.38. The Balaban J connectivity index is -0.000000355. The van der Waals surface area contributed by atoms with Crippen LogP contribution in [-0.2, 0) is 21.1 Å². The molecule has 1 fully saturated rings. The minimum atomic E-state index is 0. The number of likely N-dealkylation sites (tertiary alicyclic amines) is 1. The van der Waals surface area contributed by atoms with Crippen LogP contribution < -0.4 is 5.32 Å². The zero-order valence-electron chi connectivity index (χ0n) is 11.9. The van der Waals surface area contributed by atoms with Crippen molar-refractivity contribution in [2.75, 3.05) is 20.1 Å². The molecule has 0 aliphatic carbocycles. The first-order valence-corrected chi connectivity index (χ1v) is 6.34. The number of hydrogen-bond donors (Lipinski definition) is 2. The molecule has 0 aromatic heterocycles. The van der Waals surface area contributed by atoms with Gasteiger partial charge in [-0.15, -0.1) is 0 Å². The van der Waals surface area contributed by atoms with Crippen molar-refractivity contribution in [3.05, 3.63) is 12.3 Å². The van der Waals surface area contributed by atoms with Crippen LogP contribution in [0.15, 0.2) is 6.20 Å². The summed E-state index contributed by atoms with van der Waals surface area (Å²) in [6.07, 6.45) is 7.98. The summed E-state index contributed by atoms with van der Waals surface area (Å²) in [6.45, 7) is 10.3. The molecule has 0 saturated carbocycles. The van der Waals surface area contributed by atoms with Crippen molar-refractivity contribution >= 4 is 6.21 Å². The van der Waals surface area contributed by atoms with Crippen molar-refractivity contribution in [3.8, 4) is 0 Å². The first-order valence-electron chi connectivity index (χ1n) is 6.34. The first-order chi connectivity index (χ1) is 7.83. The molecule has 1 aliphatic heterocycles. The van der Waals surface area contributed by atoms with E-state index in [1.165, 1.54) is 19.1 Å². The third-order valence-electron chi connectivity index (χ3n) is 2.20. The number of piperidine rings is 1. The van der Waals surface area contributed by atoms with Crippen LogP contribution >= 0.6 is 0 Å². The molecule has 4 heteroatoms. The molecule has 0 aromatic rings. The Morgan fingerprint density at radius 1 is 1.18 bits per heavy atom. The van der Waals surface area contributed by atoms with E-state index in [9.17, 15) is 0 Å². The number of nitrogens with one attached hydrogen (secondary N) is 2. The molecule has 3 nitrogen and oxygen atoms in total. The molecule has 17 heavy (non-hydrogen) atoms. The van der Waals surface area contributed by atoms with Gasteiger partial charge in [-0.1, -0.05) is 27.7 Å². The summed E-state index contributed by atoms with van der Waals surface area (Å²) in [4.78, 5) is 2.34. The van der Waals surface area contributed by atoms with Gasteiger partial charge in [0.05, 0.1) is 0 Å². The van der Waals surface area contributed by atoms with E-state index >= 15 is 0 Å². The second-order valence-electron chi connectivity index (χ2n) is 3.20. The van der Waals surface area contributed by atoms with Gasteiger partial charge in [-0.05, 0) is 33.0 Å². The number of rotatable bonds is 3. The molecular formula is C13H28N3W-. The average Bonchev–Trinajstić information content (AvgIpc) is 2.37. The summed E-state index contributed by atoms with van der Waals surface area (Å²) in [5.74, 6) is 0. The molecular weight excluding hydrogens is 382 g/mol. The van der Waals surface area contributed by atoms with Gasteiger partial charge in [-0.25, -0.2) is 0 Å². The second-order valence-corrected chi connectivity index (χ2v) is 3.20. The Labute approximate surface area is 122 Å². The average molecular weight is 410 g/mol.